The summed E-state index contributed by atoms with van der Waals surface area (Å²) in [6.07, 6.45) is 15.6. The van der Waals surface area contributed by atoms with Crippen LogP contribution in [-0.4, -0.2) is 86.6 Å². The second-order valence-electron chi connectivity index (χ2n) is 27.4. The lowest BCUT2D eigenvalue weighted by Gasteiger charge is -2.43. The standard InChI is InChI=1S/C84H99F3N3O10PS3/c1-13-82(14-2,40-19-43-88-79(91)52-73-55(7)70(67-37-28-61(85)49-76(67)73)46-58-22-31-64(32-23-58)102(10)95)98-101(94,99-83(15-3,16-4)41-20-44-89-80(92)53-74-56(8)71(68-38-29-62(86)50-77(68)74)47-59-24-33-65(34-25-59)103(11)96)100-84(17-5,18-6)42-21-45-90-81(93)54-75-57(9)72(69-39-30-63(87)51-78(69)75)48-60-26-35-66(36-27-60)104(12)97/h22-39,46-51H,13-21,40-45,52-54H2,1-12H3,(H,88,91)(H,89,92)(H,90,93)/b70-46-,71-47-,72-48-. The van der Waals surface area contributed by atoms with Crippen molar-refractivity contribution in [2.45, 2.75) is 190 Å². The first-order valence-electron chi connectivity index (χ1n) is 36.1. The van der Waals surface area contributed by atoms with E-state index in [-0.39, 0.29) is 56.6 Å². The maximum atomic E-state index is 16.4. The lowest BCUT2D eigenvalue weighted by molar-refractivity contribution is -0.120. The van der Waals surface area contributed by atoms with Crippen LogP contribution in [0.15, 0.2) is 159 Å². The van der Waals surface area contributed by atoms with Gasteiger partial charge in [-0.1, -0.05) is 59.7 Å². The summed E-state index contributed by atoms with van der Waals surface area (Å²) in [5.74, 6) is -2.02. The van der Waals surface area contributed by atoms with E-state index in [9.17, 15) is 41.2 Å². The molecule has 0 aromatic heterocycles. The second-order valence-corrected chi connectivity index (χ2v) is 33.0. The summed E-state index contributed by atoms with van der Waals surface area (Å²) in [7, 11) is -4.62. The summed E-state index contributed by atoms with van der Waals surface area (Å²) in [5.41, 5.74) is 11.0. The van der Waals surface area contributed by atoms with Gasteiger partial charge in [0.25, 0.3) is 0 Å². The number of phosphoric ester groups is 1. The molecular formula is C84H99F3N3O10PS3. The highest BCUT2D eigenvalue weighted by atomic mass is 32.2. The molecular weight excluding hydrogens is 1400 g/mol. The van der Waals surface area contributed by atoms with Crippen LogP contribution in [-0.2, 0) is 66.0 Å². The van der Waals surface area contributed by atoms with E-state index >= 15 is 4.57 Å². The van der Waals surface area contributed by atoms with E-state index in [1.807, 2.05) is 153 Å². The molecule has 3 atom stereocenters. The van der Waals surface area contributed by atoms with Crippen LogP contribution in [0.3, 0.4) is 0 Å². The minimum absolute atomic E-state index is 0.00531. The lowest BCUT2D eigenvalue weighted by Crippen LogP contribution is -2.39. The lowest BCUT2D eigenvalue weighted by atomic mass is 9.92. The van der Waals surface area contributed by atoms with Crippen LogP contribution >= 0.6 is 7.82 Å². The highest BCUT2D eigenvalue weighted by Crippen LogP contribution is 2.62. The first-order valence-corrected chi connectivity index (χ1v) is 42.3. The summed E-state index contributed by atoms with van der Waals surface area (Å²) in [6.45, 7) is 18.3. The molecule has 13 nitrogen and oxygen atoms in total. The largest absolute Gasteiger partial charge is 0.612 e. The highest BCUT2D eigenvalue weighted by molar-refractivity contribution is 7.91. The number of allylic oxidation sites excluding steroid dienone is 6. The number of hydrogen-bond donors (Lipinski definition) is 3. The quantitative estimate of drug-likeness (QED) is 0.0193. The molecule has 3 unspecified atom stereocenters. The third-order valence-electron chi connectivity index (χ3n) is 21.1. The van der Waals surface area contributed by atoms with E-state index in [1.54, 1.807) is 37.0 Å². The number of hydrogen-bond acceptors (Lipinski definition) is 10. The van der Waals surface area contributed by atoms with Gasteiger partial charge in [0.15, 0.2) is 14.7 Å². The Morgan fingerprint density at radius 3 is 0.865 bits per heavy atom. The van der Waals surface area contributed by atoms with Crippen LogP contribution < -0.4 is 16.0 Å². The zero-order valence-electron chi connectivity index (χ0n) is 62.0. The van der Waals surface area contributed by atoms with E-state index in [1.165, 1.54) is 36.4 Å². The van der Waals surface area contributed by atoms with Crippen LogP contribution in [0.25, 0.3) is 51.7 Å². The first-order chi connectivity index (χ1) is 49.6. The summed E-state index contributed by atoms with van der Waals surface area (Å²) in [5, 5.41) is 9.29. The Balaban J connectivity index is 0.905. The zero-order valence-corrected chi connectivity index (χ0v) is 65.3. The van der Waals surface area contributed by atoms with Crippen LogP contribution in [0.5, 0.6) is 0 Å². The van der Waals surface area contributed by atoms with Crippen molar-refractivity contribution in [3.05, 3.63) is 212 Å². The normalized spacial score (nSPS) is 16.5. The molecule has 0 saturated carbocycles. The van der Waals surface area contributed by atoms with Crippen molar-refractivity contribution in [2.75, 3.05) is 38.4 Å². The van der Waals surface area contributed by atoms with Gasteiger partial charge in [-0.25, -0.2) is 17.7 Å². The minimum atomic E-state index is -4.62. The van der Waals surface area contributed by atoms with Crippen LogP contribution in [0.4, 0.5) is 13.2 Å². The molecule has 0 saturated heterocycles. The Bertz CT molecular complexity index is 3910. The van der Waals surface area contributed by atoms with Gasteiger partial charge >= 0.3 is 7.82 Å². The number of phosphoric acid groups is 1. The fraction of sp³-hybridized carbons (Fsp3) is 0.393. The molecule has 0 spiro atoms. The molecule has 6 aromatic rings. The number of amides is 3. The van der Waals surface area contributed by atoms with Gasteiger partial charge in [0.1, 0.15) is 36.2 Å². The molecule has 0 fully saturated rings. The summed E-state index contributed by atoms with van der Waals surface area (Å²) < 4.78 is 119. The highest BCUT2D eigenvalue weighted by Gasteiger charge is 2.49. The van der Waals surface area contributed by atoms with Crippen LogP contribution in [0.2, 0.25) is 0 Å². The Hall–Kier alpha value is -7.00. The number of nitrogens with one attached hydrogen (secondary N) is 3. The smallest absolute Gasteiger partial charge is 0.476 e. The SMILES string of the molecule is CCC(CC)(CCCNC(=O)CC1=C(C)/C(=C/c2ccc([S+](C)[O-])cc2)c2ccc(F)cc21)OP(=O)(OC(CC)(CC)CCCNC(=O)CC1=C(C)/C(=C/c2ccc([S+](C)[O-])cc2)c2ccc(F)cc21)OC(CC)(CC)CCCNC(=O)CC1=C(C)/C(=C/c2ccc([S+](C)[O-])cc2)c2ccc(F)cc21. The second kappa shape index (κ2) is 36.1. The van der Waals surface area contributed by atoms with Gasteiger partial charge in [-0.2, -0.15) is 0 Å². The molecule has 3 amide bonds. The Morgan fingerprint density at radius 2 is 0.644 bits per heavy atom. The average Bonchev–Trinajstić information content (AvgIpc) is 1.63. The number of carbonyl (C=O) groups excluding carboxylic acids is 3. The molecule has 20 heteroatoms. The van der Waals surface area contributed by atoms with Crippen molar-refractivity contribution < 1.29 is 59.3 Å². The van der Waals surface area contributed by atoms with E-state index < -0.39 is 75.6 Å². The molecule has 9 rings (SSSR count). The van der Waals surface area contributed by atoms with Crippen molar-refractivity contribution in [3.8, 4) is 0 Å². The van der Waals surface area contributed by atoms with Gasteiger partial charge in [-0.05, 0) is 359 Å². The van der Waals surface area contributed by atoms with E-state index in [4.69, 9.17) is 13.6 Å². The number of rotatable bonds is 36. The number of fused-ring (bicyclic) bond motifs is 3. The Kier molecular flexibility index (Phi) is 28.1. The molecule has 104 heavy (non-hydrogen) atoms. The molecule has 0 radical (unpaired) electrons. The van der Waals surface area contributed by atoms with Crippen molar-refractivity contribution in [3.63, 3.8) is 0 Å². The molecule has 0 aliphatic heterocycles. The molecule has 6 aromatic carbocycles. The fourth-order valence-corrected chi connectivity index (χ4v) is 18.5. The average molecular weight is 1490 g/mol. The van der Waals surface area contributed by atoms with Crippen LogP contribution in [0, 0.1) is 17.5 Å². The molecule has 0 heterocycles. The fourth-order valence-electron chi connectivity index (χ4n) is 14.4. The van der Waals surface area contributed by atoms with E-state index in [2.05, 4.69) is 16.0 Å². The van der Waals surface area contributed by atoms with Gasteiger partial charge in [0, 0.05) is 19.6 Å². The molecule has 0 bridgehead atoms. The molecule has 3 N–H and O–H groups in total. The summed E-state index contributed by atoms with van der Waals surface area (Å²) in [4.78, 5) is 44.1. The third kappa shape index (κ3) is 19.8. The number of carbonyl (C=O) groups is 3. The molecule has 3 aliphatic rings. The molecule has 3 aliphatic carbocycles. The third-order valence-corrected chi connectivity index (χ3v) is 25.8. The minimum Gasteiger partial charge on any atom is -0.612 e. The topological polar surface area (TPSA) is 201 Å². The van der Waals surface area contributed by atoms with Gasteiger partial charge in [0.05, 0.1) is 36.1 Å². The van der Waals surface area contributed by atoms with Crippen molar-refractivity contribution in [2.24, 2.45) is 0 Å². The maximum absolute atomic E-state index is 16.4. The Morgan fingerprint density at radius 1 is 0.404 bits per heavy atom. The van der Waals surface area contributed by atoms with E-state index in [0.717, 1.165) is 66.8 Å². The maximum Gasteiger partial charge on any atom is 0.476 e. The van der Waals surface area contributed by atoms with Gasteiger partial charge < -0.3 is 29.6 Å². The Labute approximate surface area is 622 Å². The first kappa shape index (κ1) is 81.1. The van der Waals surface area contributed by atoms with Gasteiger partial charge in [-0.15, -0.1) is 0 Å². The van der Waals surface area contributed by atoms with Crippen LogP contribution in [0.1, 0.15) is 209 Å². The van der Waals surface area contributed by atoms with Crippen molar-refractivity contribution >= 4 is 111 Å². The summed E-state index contributed by atoms with van der Waals surface area (Å²) in [6, 6.07) is 36.0. The van der Waals surface area contributed by atoms with Gasteiger partial charge in [0.2, 0.25) is 17.7 Å². The van der Waals surface area contributed by atoms with Gasteiger partial charge in [-0.3, -0.25) is 28.0 Å². The summed E-state index contributed by atoms with van der Waals surface area (Å²) >= 11 is -3.43. The van der Waals surface area contributed by atoms with Crippen molar-refractivity contribution in [1.82, 2.24) is 16.0 Å². The zero-order chi connectivity index (χ0) is 75.3. The predicted octanol–water partition coefficient (Wildman–Crippen LogP) is 19.4. The molecule has 554 valence electrons. The van der Waals surface area contributed by atoms with Crippen molar-refractivity contribution in [1.29, 1.82) is 0 Å². The van der Waals surface area contributed by atoms with E-state index in [0.29, 0.717) is 125 Å². The predicted molar refractivity (Wildman–Crippen MR) is 418 cm³/mol. The number of benzene rings is 6. The monoisotopic (exact) mass is 1490 g/mol. The number of halogens is 3.